The number of rotatable bonds is 17. The third-order valence-electron chi connectivity index (χ3n) is 8.79. The molecule has 0 radical (unpaired) electrons. The molecule has 2 aliphatic rings. The summed E-state index contributed by atoms with van der Waals surface area (Å²) in [6.45, 7) is 2.46. The number of fused-ring (bicyclic) bond motifs is 2. The average Bonchev–Trinajstić information content (AvgIpc) is 3.12. The molecule has 55 heavy (non-hydrogen) atoms. The van der Waals surface area contributed by atoms with Gasteiger partial charge in [0.05, 0.1) is 16.9 Å². The Bertz CT molecular complexity index is 2330. The summed E-state index contributed by atoms with van der Waals surface area (Å²) in [5.74, 6) is -6.29. The van der Waals surface area contributed by atoms with Crippen molar-refractivity contribution in [1.82, 2.24) is 0 Å². The van der Waals surface area contributed by atoms with Gasteiger partial charge in [-0.05, 0) is 68.3 Å². The predicted octanol–water partition coefficient (Wildman–Crippen LogP) is 4.76. The summed E-state index contributed by atoms with van der Waals surface area (Å²) in [6, 6.07) is 15.1. The zero-order valence-corrected chi connectivity index (χ0v) is 29.7. The van der Waals surface area contributed by atoms with Crippen molar-refractivity contribution >= 4 is 52.2 Å². The predicted molar refractivity (Wildman–Crippen MR) is 198 cm³/mol. The van der Waals surface area contributed by atoms with Gasteiger partial charge in [0.25, 0.3) is 0 Å². The van der Waals surface area contributed by atoms with Gasteiger partial charge in [-0.1, -0.05) is 24.3 Å². The number of aryl methyl sites for hydroxylation is 1. The van der Waals surface area contributed by atoms with Crippen molar-refractivity contribution in [2.24, 2.45) is 0 Å². The van der Waals surface area contributed by atoms with Crippen molar-refractivity contribution in [2.75, 3.05) is 36.1 Å². The number of carbonyl (C=O) groups is 5. The fraction of sp³-hybridized carbons (Fsp3) is 0.231. The van der Waals surface area contributed by atoms with E-state index in [0.29, 0.717) is 11.1 Å². The molecule has 3 aromatic carbocycles. The van der Waals surface area contributed by atoms with Crippen LogP contribution >= 0.6 is 0 Å². The van der Waals surface area contributed by atoms with Crippen LogP contribution in [0.25, 0.3) is 33.4 Å². The summed E-state index contributed by atoms with van der Waals surface area (Å²) in [5, 5.41) is 49.3. The average molecular weight is 757 g/mol. The molecule has 3 aromatic rings. The molecular weight excluding hydrogens is 720 g/mol. The molecule has 0 amide bonds. The van der Waals surface area contributed by atoms with Crippen LogP contribution in [0.3, 0.4) is 0 Å². The van der Waals surface area contributed by atoms with Gasteiger partial charge in [0.15, 0.2) is 5.43 Å². The normalized spacial score (nSPS) is 12.1. The Balaban J connectivity index is 1.65. The van der Waals surface area contributed by atoms with Crippen LogP contribution in [-0.2, 0) is 19.2 Å². The third-order valence-corrected chi connectivity index (χ3v) is 8.79. The second-order valence-electron chi connectivity index (χ2n) is 12.5. The van der Waals surface area contributed by atoms with Gasteiger partial charge in [-0.2, -0.15) is 0 Å². The second-order valence-corrected chi connectivity index (χ2v) is 12.5. The highest BCUT2D eigenvalue weighted by Crippen LogP contribution is 2.45. The molecule has 2 unspecified atom stereocenters. The van der Waals surface area contributed by atoms with E-state index in [0.717, 1.165) is 15.4 Å². The van der Waals surface area contributed by atoms with E-state index in [1.165, 1.54) is 56.3 Å². The molecule has 5 N–H and O–H groups in total. The number of hydrogen-bond acceptors (Lipinski definition) is 11. The second kappa shape index (κ2) is 16.3. The Morgan fingerprint density at radius 1 is 0.691 bits per heavy atom. The molecule has 16 heteroatoms. The monoisotopic (exact) mass is 756 g/mol. The number of hydrogen-bond donors (Lipinski definition) is 5. The zero-order chi connectivity index (χ0) is 40.1. The Kier molecular flexibility index (Phi) is 11.6. The molecule has 0 saturated heterocycles. The fourth-order valence-electron chi connectivity index (χ4n) is 6.10. The number of benzene rings is 4. The minimum absolute atomic E-state index is 0.0252. The van der Waals surface area contributed by atoms with Crippen molar-refractivity contribution in [3.8, 4) is 33.9 Å². The highest BCUT2D eigenvalue weighted by molar-refractivity contribution is 6.08. The van der Waals surface area contributed by atoms with E-state index < -0.39 is 60.4 Å². The Labute approximate surface area is 312 Å². The van der Waals surface area contributed by atoms with Crippen LogP contribution in [0.2, 0.25) is 0 Å². The molecule has 286 valence electrons. The highest BCUT2D eigenvalue weighted by atomic mass is 16.5. The lowest BCUT2D eigenvalue weighted by Gasteiger charge is -2.30. The van der Waals surface area contributed by atoms with E-state index in [2.05, 4.69) is 0 Å². The Morgan fingerprint density at radius 3 is 1.85 bits per heavy atom. The summed E-state index contributed by atoms with van der Waals surface area (Å²) in [5.41, 5.74) is 1.43. The van der Waals surface area contributed by atoms with Gasteiger partial charge in [0.1, 0.15) is 61.2 Å². The summed E-state index contributed by atoms with van der Waals surface area (Å²) < 4.78 is 18.3. The summed E-state index contributed by atoms with van der Waals surface area (Å²) in [7, 11) is 0. The zero-order valence-electron chi connectivity index (χ0n) is 29.7. The molecule has 16 nitrogen and oxygen atoms in total. The summed E-state index contributed by atoms with van der Waals surface area (Å²) in [4.78, 5) is 74.8. The molecule has 1 heterocycles. The number of anilines is 2. The maximum Gasteiger partial charge on any atom is 0.336 e. The van der Waals surface area contributed by atoms with E-state index in [4.69, 9.17) is 13.9 Å². The number of nitrogens with zero attached hydrogens (tertiary/aromatic N) is 2. The van der Waals surface area contributed by atoms with Gasteiger partial charge >= 0.3 is 29.8 Å². The van der Waals surface area contributed by atoms with Crippen LogP contribution < -0.4 is 24.7 Å². The van der Waals surface area contributed by atoms with E-state index in [1.54, 1.807) is 37.3 Å². The van der Waals surface area contributed by atoms with Crippen LogP contribution in [0.5, 0.6) is 11.5 Å². The van der Waals surface area contributed by atoms with Gasteiger partial charge in [0.2, 0.25) is 0 Å². The summed E-state index contributed by atoms with van der Waals surface area (Å²) in [6.07, 6.45) is 0. The van der Waals surface area contributed by atoms with E-state index in [1.807, 2.05) is 0 Å². The smallest absolute Gasteiger partial charge is 0.336 e. The Morgan fingerprint density at radius 2 is 1.27 bits per heavy atom. The molecule has 2 atom stereocenters. The van der Waals surface area contributed by atoms with Crippen molar-refractivity contribution in [3.63, 3.8) is 0 Å². The van der Waals surface area contributed by atoms with Gasteiger partial charge in [-0.15, -0.1) is 0 Å². The molecular formula is C39H36N2O14. The minimum atomic E-state index is -1.40. The van der Waals surface area contributed by atoms with Gasteiger partial charge in [0, 0.05) is 28.6 Å². The largest absolute Gasteiger partial charge is 0.488 e. The molecule has 0 aromatic heterocycles. The summed E-state index contributed by atoms with van der Waals surface area (Å²) >= 11 is 0. The maximum atomic E-state index is 12.4. The maximum absolute atomic E-state index is 12.4. The van der Waals surface area contributed by atoms with E-state index in [-0.39, 0.29) is 63.9 Å². The lowest BCUT2D eigenvalue weighted by atomic mass is 9.90. The first kappa shape index (κ1) is 39.1. The number of carboxylic acid groups (broad SMARTS) is 5. The number of carboxylic acids is 5. The van der Waals surface area contributed by atoms with E-state index in [9.17, 15) is 54.3 Å². The first-order chi connectivity index (χ1) is 26.1. The lowest BCUT2D eigenvalue weighted by Crippen LogP contribution is -2.42. The van der Waals surface area contributed by atoms with Crippen LogP contribution in [0.15, 0.2) is 82.0 Å². The molecule has 1 aliphatic carbocycles. The molecule has 0 bridgehead atoms. The van der Waals surface area contributed by atoms with Gasteiger partial charge in [-0.25, -0.2) is 14.4 Å². The SMILES string of the molecule is Cc1ccc(N(CC(=O)O)C(C)C(=O)O)c(OCCOc2cc3c(-c4ccccc4C(=O)O)c4ccc(=O)cc-4oc3cc2N(CC(=O)O)C(C)C(=O)O)c1. The molecule has 0 fully saturated rings. The van der Waals surface area contributed by atoms with Crippen molar-refractivity contribution < 1.29 is 63.4 Å². The number of ether oxygens (including phenoxy) is 2. The van der Waals surface area contributed by atoms with Crippen LogP contribution in [0.1, 0.15) is 29.8 Å². The third kappa shape index (κ3) is 8.59. The molecule has 5 rings (SSSR count). The minimum Gasteiger partial charge on any atom is -0.488 e. The highest BCUT2D eigenvalue weighted by Gasteiger charge is 2.30. The Hall–Kier alpha value is -7.10. The van der Waals surface area contributed by atoms with Crippen molar-refractivity contribution in [3.05, 3.63) is 94.1 Å². The van der Waals surface area contributed by atoms with Crippen LogP contribution in [0, 0.1) is 6.92 Å². The lowest BCUT2D eigenvalue weighted by molar-refractivity contribution is -0.140. The van der Waals surface area contributed by atoms with Gasteiger partial charge in [-0.3, -0.25) is 14.4 Å². The molecule has 0 saturated carbocycles. The number of aromatic carboxylic acids is 1. The van der Waals surface area contributed by atoms with E-state index >= 15 is 0 Å². The molecule has 0 spiro atoms. The first-order valence-electron chi connectivity index (χ1n) is 16.7. The fourth-order valence-corrected chi connectivity index (χ4v) is 6.10. The van der Waals surface area contributed by atoms with Crippen LogP contribution in [0.4, 0.5) is 11.4 Å². The van der Waals surface area contributed by atoms with Crippen molar-refractivity contribution in [2.45, 2.75) is 32.9 Å². The topological polar surface area (TPSA) is 242 Å². The van der Waals surface area contributed by atoms with Crippen molar-refractivity contribution in [1.29, 1.82) is 0 Å². The quantitative estimate of drug-likeness (QED) is 0.0635. The first-order valence-corrected chi connectivity index (χ1v) is 16.7. The van der Waals surface area contributed by atoms with Crippen LogP contribution in [-0.4, -0.2) is 93.8 Å². The number of aliphatic carboxylic acids is 4. The van der Waals surface area contributed by atoms with Gasteiger partial charge < -0.3 is 49.2 Å². The molecule has 1 aliphatic heterocycles. The standard InChI is InChI=1S/C39H36N2O14/c1-20-8-11-28(40(18-34(43)44)21(2)37(47)48)32(14-20)53-12-13-54-33-16-27-31(17-29(33)41(19-35(45)46)22(3)38(49)50)55-30-15-23(42)9-10-26(30)36(27)24-6-4-5-7-25(24)39(51)52/h4-11,14-17,21-22H,12-13,18-19H2,1-3H3,(H,43,44)(H,45,46)(H,47,48)(H,49,50)(H,51,52).